The summed E-state index contributed by atoms with van der Waals surface area (Å²) >= 11 is 6.52. The third kappa shape index (κ3) is 5.53. The molecule has 8 heteroatoms. The Hall–Kier alpha value is -1.80. The number of amides is 2. The largest absolute Gasteiger partial charge is 0.311 e. The lowest BCUT2D eigenvalue weighted by atomic mass is 10.2. The van der Waals surface area contributed by atoms with Crippen LogP contribution in [0.4, 0.5) is 11.6 Å². The van der Waals surface area contributed by atoms with E-state index in [2.05, 4.69) is 52.5 Å². The zero-order valence-corrected chi connectivity index (χ0v) is 14.5. The average molecular weight is 428 g/mol. The fraction of sp³-hybridized carbons (Fsp3) is 0.143. The van der Waals surface area contributed by atoms with Gasteiger partial charge in [-0.05, 0) is 56.1 Å². The molecule has 0 aromatic carbocycles. The molecular formula is C14H12Br2N4O2. The van der Waals surface area contributed by atoms with E-state index in [0.717, 1.165) is 8.95 Å². The second-order valence-corrected chi connectivity index (χ2v) is 6.15. The summed E-state index contributed by atoms with van der Waals surface area (Å²) in [5, 5.41) is 5.25. The predicted octanol–water partition coefficient (Wildman–Crippen LogP) is 3.36. The van der Waals surface area contributed by atoms with Crippen LogP contribution in [0.3, 0.4) is 0 Å². The van der Waals surface area contributed by atoms with Gasteiger partial charge in [0.25, 0.3) is 0 Å². The Labute approximate surface area is 144 Å². The van der Waals surface area contributed by atoms with Gasteiger partial charge in [0.1, 0.15) is 11.6 Å². The molecule has 0 aliphatic heterocycles. The average Bonchev–Trinajstić information content (AvgIpc) is 2.50. The van der Waals surface area contributed by atoms with E-state index in [9.17, 15) is 9.59 Å². The molecule has 6 nitrogen and oxygen atoms in total. The van der Waals surface area contributed by atoms with Gasteiger partial charge in [0.05, 0.1) is 0 Å². The zero-order chi connectivity index (χ0) is 15.9. The summed E-state index contributed by atoms with van der Waals surface area (Å²) in [6, 6.07) is 6.89. The molecule has 2 aromatic heterocycles. The molecule has 0 saturated heterocycles. The smallest absolute Gasteiger partial charge is 0.226 e. The lowest BCUT2D eigenvalue weighted by Gasteiger charge is -2.05. The molecule has 0 atom stereocenters. The molecule has 0 radical (unpaired) electrons. The minimum atomic E-state index is -0.270. The number of nitrogens with zero attached hydrogens (tertiary/aromatic N) is 2. The molecule has 2 heterocycles. The first-order chi connectivity index (χ1) is 10.5. The fourth-order valence-corrected chi connectivity index (χ4v) is 2.01. The first kappa shape index (κ1) is 16.6. The summed E-state index contributed by atoms with van der Waals surface area (Å²) in [5.41, 5.74) is 0. The van der Waals surface area contributed by atoms with Crippen molar-refractivity contribution < 1.29 is 9.59 Å². The number of anilines is 2. The highest BCUT2D eigenvalue weighted by Crippen LogP contribution is 2.12. The van der Waals surface area contributed by atoms with Crippen LogP contribution in [0.15, 0.2) is 45.6 Å². The van der Waals surface area contributed by atoms with Crippen LogP contribution in [0.25, 0.3) is 0 Å². The van der Waals surface area contributed by atoms with Crippen LogP contribution in [0.2, 0.25) is 0 Å². The normalized spacial score (nSPS) is 10.1. The van der Waals surface area contributed by atoms with Crippen molar-refractivity contribution in [2.75, 3.05) is 10.6 Å². The monoisotopic (exact) mass is 426 g/mol. The van der Waals surface area contributed by atoms with Gasteiger partial charge in [-0.3, -0.25) is 9.59 Å². The summed E-state index contributed by atoms with van der Waals surface area (Å²) in [6.07, 6.45) is 3.31. The van der Waals surface area contributed by atoms with E-state index in [-0.39, 0.29) is 24.7 Å². The van der Waals surface area contributed by atoms with Crippen LogP contribution < -0.4 is 10.6 Å². The van der Waals surface area contributed by atoms with Gasteiger partial charge in [-0.25, -0.2) is 9.97 Å². The minimum absolute atomic E-state index is 0.0695. The highest BCUT2D eigenvalue weighted by atomic mass is 79.9. The van der Waals surface area contributed by atoms with Crippen molar-refractivity contribution in [1.82, 2.24) is 9.97 Å². The van der Waals surface area contributed by atoms with Crippen LogP contribution >= 0.6 is 31.9 Å². The SMILES string of the molecule is O=C(CCC(=O)Nc1ccc(Br)cn1)Nc1ccc(Br)cn1. The van der Waals surface area contributed by atoms with Crippen molar-refractivity contribution >= 4 is 55.3 Å². The number of halogens is 2. The molecule has 0 aliphatic carbocycles. The van der Waals surface area contributed by atoms with Crippen molar-refractivity contribution in [3.63, 3.8) is 0 Å². The number of nitrogens with one attached hydrogen (secondary N) is 2. The molecule has 0 unspecified atom stereocenters. The first-order valence-electron chi connectivity index (χ1n) is 6.36. The number of carbonyl (C=O) groups is 2. The fourth-order valence-electron chi connectivity index (χ4n) is 1.54. The lowest BCUT2D eigenvalue weighted by molar-refractivity contribution is -0.121. The molecule has 0 spiro atoms. The van der Waals surface area contributed by atoms with Crippen LogP contribution in [0.5, 0.6) is 0 Å². The Morgan fingerprint density at radius 3 is 1.55 bits per heavy atom. The second-order valence-electron chi connectivity index (χ2n) is 4.32. The quantitative estimate of drug-likeness (QED) is 0.766. The van der Waals surface area contributed by atoms with Gasteiger partial charge in [-0.15, -0.1) is 0 Å². The topological polar surface area (TPSA) is 84.0 Å². The maximum Gasteiger partial charge on any atom is 0.226 e. The van der Waals surface area contributed by atoms with Gasteiger partial charge in [-0.1, -0.05) is 0 Å². The maximum absolute atomic E-state index is 11.7. The second kappa shape index (κ2) is 8.00. The Kier molecular flexibility index (Phi) is 6.02. The highest BCUT2D eigenvalue weighted by Gasteiger charge is 2.08. The van der Waals surface area contributed by atoms with Crippen molar-refractivity contribution in [3.05, 3.63) is 45.6 Å². The van der Waals surface area contributed by atoms with Crippen LogP contribution in [0, 0.1) is 0 Å². The highest BCUT2D eigenvalue weighted by molar-refractivity contribution is 9.10. The van der Waals surface area contributed by atoms with Crippen molar-refractivity contribution in [3.8, 4) is 0 Å². The third-order valence-electron chi connectivity index (χ3n) is 2.57. The standard InChI is InChI=1S/C14H12Br2N4O2/c15-9-1-3-11(17-7-9)19-13(21)5-6-14(22)20-12-4-2-10(16)8-18-12/h1-4,7-8H,5-6H2,(H,17,19,21)(H,18,20,22). The van der Waals surface area contributed by atoms with Gasteiger partial charge in [0.15, 0.2) is 0 Å². The number of carbonyl (C=O) groups excluding carboxylic acids is 2. The Morgan fingerprint density at radius 2 is 1.23 bits per heavy atom. The molecule has 2 amide bonds. The summed E-state index contributed by atoms with van der Waals surface area (Å²) < 4.78 is 1.65. The van der Waals surface area contributed by atoms with Crippen molar-refractivity contribution in [2.24, 2.45) is 0 Å². The third-order valence-corrected chi connectivity index (χ3v) is 3.51. The van der Waals surface area contributed by atoms with Gasteiger partial charge < -0.3 is 10.6 Å². The molecule has 22 heavy (non-hydrogen) atoms. The number of rotatable bonds is 5. The predicted molar refractivity (Wildman–Crippen MR) is 90.4 cm³/mol. The molecule has 0 saturated carbocycles. The van der Waals surface area contributed by atoms with E-state index in [0.29, 0.717) is 11.6 Å². The van der Waals surface area contributed by atoms with Crippen LogP contribution in [-0.4, -0.2) is 21.8 Å². The van der Waals surface area contributed by atoms with E-state index in [1.807, 2.05) is 0 Å². The first-order valence-corrected chi connectivity index (χ1v) is 7.94. The Morgan fingerprint density at radius 1 is 0.818 bits per heavy atom. The van der Waals surface area contributed by atoms with Crippen molar-refractivity contribution in [1.29, 1.82) is 0 Å². The van der Waals surface area contributed by atoms with Crippen LogP contribution in [0.1, 0.15) is 12.8 Å². The lowest BCUT2D eigenvalue weighted by Crippen LogP contribution is -2.18. The summed E-state index contributed by atoms with van der Waals surface area (Å²) in [4.78, 5) is 31.5. The maximum atomic E-state index is 11.7. The molecule has 114 valence electrons. The molecule has 0 bridgehead atoms. The number of pyridine rings is 2. The number of hydrogen-bond acceptors (Lipinski definition) is 4. The van der Waals surface area contributed by atoms with E-state index in [4.69, 9.17) is 0 Å². The van der Waals surface area contributed by atoms with Gasteiger partial charge in [0, 0.05) is 34.2 Å². The molecule has 0 aliphatic rings. The zero-order valence-electron chi connectivity index (χ0n) is 11.3. The molecule has 2 N–H and O–H groups in total. The van der Waals surface area contributed by atoms with E-state index < -0.39 is 0 Å². The summed E-state index contributed by atoms with van der Waals surface area (Å²) in [6.45, 7) is 0. The van der Waals surface area contributed by atoms with Crippen molar-refractivity contribution in [2.45, 2.75) is 12.8 Å². The molecule has 2 rings (SSSR count). The van der Waals surface area contributed by atoms with E-state index in [1.54, 1.807) is 36.7 Å². The van der Waals surface area contributed by atoms with E-state index in [1.165, 1.54) is 0 Å². The summed E-state index contributed by atoms with van der Waals surface area (Å²) in [7, 11) is 0. The minimum Gasteiger partial charge on any atom is -0.311 e. The Bertz CT molecular complexity index is 600. The molecule has 0 fully saturated rings. The number of hydrogen-bond donors (Lipinski definition) is 2. The number of aromatic nitrogens is 2. The van der Waals surface area contributed by atoms with E-state index >= 15 is 0 Å². The summed E-state index contributed by atoms with van der Waals surface area (Å²) in [5.74, 6) is 0.355. The van der Waals surface area contributed by atoms with Crippen LogP contribution in [-0.2, 0) is 9.59 Å². The molecular weight excluding hydrogens is 416 g/mol. The Balaban J connectivity index is 1.76. The van der Waals surface area contributed by atoms with Gasteiger partial charge >= 0.3 is 0 Å². The van der Waals surface area contributed by atoms with Gasteiger partial charge in [0.2, 0.25) is 11.8 Å². The molecule has 2 aromatic rings. The van der Waals surface area contributed by atoms with Gasteiger partial charge in [-0.2, -0.15) is 0 Å².